The molecule has 0 aromatic carbocycles. The fourth-order valence-corrected chi connectivity index (χ4v) is 1.02. The van der Waals surface area contributed by atoms with Crippen LogP contribution in [-0.2, 0) is 0 Å². The van der Waals surface area contributed by atoms with Crippen molar-refractivity contribution in [3.8, 4) is 0 Å². The molecule has 1 saturated heterocycles. The maximum Gasteiger partial charge on any atom is 0.0420 e. The van der Waals surface area contributed by atoms with Crippen LogP contribution in [0.4, 0.5) is 0 Å². The molecule has 0 radical (unpaired) electrons. The Hall–Kier alpha value is -0.370. The lowest BCUT2D eigenvalue weighted by atomic mass is 10.2. The van der Waals surface area contributed by atoms with E-state index in [1.807, 2.05) is 13.3 Å². The van der Waals surface area contributed by atoms with Crippen molar-refractivity contribution < 1.29 is 0 Å². The second-order valence-corrected chi connectivity index (χ2v) is 2.11. The summed E-state index contributed by atoms with van der Waals surface area (Å²) in [5, 5.41) is 3.31. The van der Waals surface area contributed by atoms with Crippen LogP contribution in [-0.4, -0.2) is 25.8 Å². The predicted octanol–water partition coefficient (Wildman–Crippen LogP) is 0.439. The Bertz CT molecular complexity index is 82.5. The second kappa shape index (κ2) is 2.82. The van der Waals surface area contributed by atoms with Crippen LogP contribution in [0.2, 0.25) is 0 Å². The Kier molecular flexibility index (Phi) is 2.03. The molecule has 1 heterocycles. The van der Waals surface area contributed by atoms with E-state index < -0.39 is 0 Å². The van der Waals surface area contributed by atoms with Gasteiger partial charge in [0.2, 0.25) is 0 Å². The normalized spacial score (nSPS) is 29.9. The van der Waals surface area contributed by atoms with E-state index in [1.54, 1.807) is 0 Å². The van der Waals surface area contributed by atoms with Crippen molar-refractivity contribution in [1.29, 1.82) is 0 Å². The molecule has 1 atom stereocenters. The molecule has 1 fully saturated rings. The Labute approximate surface area is 50.0 Å². The average Bonchev–Trinajstić information content (AvgIpc) is 2.19. The van der Waals surface area contributed by atoms with Gasteiger partial charge in [-0.05, 0) is 19.4 Å². The first-order valence-corrected chi connectivity index (χ1v) is 3.09. The summed E-state index contributed by atoms with van der Waals surface area (Å²) in [5.41, 5.74) is 0. The maximum absolute atomic E-state index is 3.93. The molecule has 1 N–H and O–H groups in total. The van der Waals surface area contributed by atoms with Crippen molar-refractivity contribution in [1.82, 2.24) is 5.32 Å². The summed E-state index contributed by atoms with van der Waals surface area (Å²) in [6.45, 7) is 1.16. The van der Waals surface area contributed by atoms with Crippen LogP contribution in [0.15, 0.2) is 4.99 Å². The van der Waals surface area contributed by atoms with Crippen LogP contribution in [0.1, 0.15) is 12.8 Å². The lowest BCUT2D eigenvalue weighted by Crippen LogP contribution is -2.22. The fourth-order valence-electron chi connectivity index (χ4n) is 1.02. The molecule has 0 amide bonds. The lowest BCUT2D eigenvalue weighted by Gasteiger charge is -1.98. The summed E-state index contributed by atoms with van der Waals surface area (Å²) < 4.78 is 0. The highest BCUT2D eigenvalue weighted by Crippen LogP contribution is 2.01. The van der Waals surface area contributed by atoms with Gasteiger partial charge < -0.3 is 5.32 Å². The number of rotatable bonds is 1. The van der Waals surface area contributed by atoms with Crippen molar-refractivity contribution in [2.24, 2.45) is 4.99 Å². The van der Waals surface area contributed by atoms with Gasteiger partial charge in [0.25, 0.3) is 0 Å². The molecule has 1 aliphatic rings. The minimum absolute atomic E-state index is 0.569. The monoisotopic (exact) mass is 112 g/mol. The zero-order chi connectivity index (χ0) is 5.82. The van der Waals surface area contributed by atoms with E-state index in [-0.39, 0.29) is 0 Å². The molecule has 1 aliphatic heterocycles. The van der Waals surface area contributed by atoms with Gasteiger partial charge in [-0.15, -0.1) is 0 Å². The summed E-state index contributed by atoms with van der Waals surface area (Å²) >= 11 is 0. The summed E-state index contributed by atoms with van der Waals surface area (Å²) in [6.07, 6.45) is 4.54. The second-order valence-electron chi connectivity index (χ2n) is 2.11. The molecule has 0 bridgehead atoms. The van der Waals surface area contributed by atoms with E-state index in [9.17, 15) is 0 Å². The van der Waals surface area contributed by atoms with Crippen molar-refractivity contribution >= 4 is 6.21 Å². The molecule has 2 heteroatoms. The Morgan fingerprint density at radius 1 is 1.75 bits per heavy atom. The van der Waals surface area contributed by atoms with Crippen LogP contribution in [0, 0.1) is 0 Å². The van der Waals surface area contributed by atoms with Gasteiger partial charge in [-0.1, -0.05) is 0 Å². The number of nitrogens with zero attached hydrogens (tertiary/aromatic N) is 1. The first-order valence-electron chi connectivity index (χ1n) is 3.09. The molecule has 0 saturated carbocycles. The van der Waals surface area contributed by atoms with Crippen LogP contribution in [0.25, 0.3) is 0 Å². The highest BCUT2D eigenvalue weighted by molar-refractivity contribution is 5.64. The van der Waals surface area contributed by atoms with Gasteiger partial charge in [0, 0.05) is 19.3 Å². The molecular formula is C6H12N2. The third-order valence-corrected chi connectivity index (χ3v) is 1.43. The fraction of sp³-hybridized carbons (Fsp3) is 0.833. The van der Waals surface area contributed by atoms with E-state index in [2.05, 4.69) is 10.3 Å². The van der Waals surface area contributed by atoms with Gasteiger partial charge in [-0.2, -0.15) is 0 Å². The number of aliphatic imine (C=N–C) groups is 1. The van der Waals surface area contributed by atoms with Crippen molar-refractivity contribution in [2.75, 3.05) is 13.6 Å². The summed E-state index contributed by atoms with van der Waals surface area (Å²) in [5.74, 6) is 0. The molecule has 0 aliphatic carbocycles. The van der Waals surface area contributed by atoms with Crippen LogP contribution >= 0.6 is 0 Å². The Morgan fingerprint density at radius 3 is 3.12 bits per heavy atom. The minimum Gasteiger partial charge on any atom is -0.309 e. The SMILES string of the molecule is CN=C[C@H]1CCCN1. The topological polar surface area (TPSA) is 24.4 Å². The molecule has 0 unspecified atom stereocenters. The molecule has 46 valence electrons. The zero-order valence-corrected chi connectivity index (χ0v) is 5.22. The van der Waals surface area contributed by atoms with Gasteiger partial charge in [-0.25, -0.2) is 0 Å². The smallest absolute Gasteiger partial charge is 0.0420 e. The minimum atomic E-state index is 0.569. The van der Waals surface area contributed by atoms with Crippen molar-refractivity contribution in [3.05, 3.63) is 0 Å². The van der Waals surface area contributed by atoms with Gasteiger partial charge >= 0.3 is 0 Å². The molecule has 0 spiro atoms. The van der Waals surface area contributed by atoms with E-state index in [0.717, 1.165) is 6.54 Å². The molecule has 8 heavy (non-hydrogen) atoms. The highest BCUT2D eigenvalue weighted by atomic mass is 14.9. The lowest BCUT2D eigenvalue weighted by molar-refractivity contribution is 0.773. The third kappa shape index (κ3) is 1.30. The maximum atomic E-state index is 3.93. The number of hydrogen-bond donors (Lipinski definition) is 1. The van der Waals surface area contributed by atoms with Gasteiger partial charge in [0.15, 0.2) is 0 Å². The molecule has 1 rings (SSSR count). The summed E-state index contributed by atoms with van der Waals surface area (Å²) in [7, 11) is 1.82. The summed E-state index contributed by atoms with van der Waals surface area (Å²) in [4.78, 5) is 3.93. The van der Waals surface area contributed by atoms with E-state index in [1.165, 1.54) is 12.8 Å². The first-order chi connectivity index (χ1) is 3.93. The molecular weight excluding hydrogens is 100 g/mol. The molecule has 0 aromatic heterocycles. The third-order valence-electron chi connectivity index (χ3n) is 1.43. The van der Waals surface area contributed by atoms with Crippen molar-refractivity contribution in [3.63, 3.8) is 0 Å². The van der Waals surface area contributed by atoms with Crippen LogP contribution in [0.3, 0.4) is 0 Å². The number of nitrogens with one attached hydrogen (secondary N) is 1. The Balaban J connectivity index is 2.24. The highest BCUT2D eigenvalue weighted by Gasteiger charge is 2.09. The zero-order valence-electron chi connectivity index (χ0n) is 5.22. The average molecular weight is 112 g/mol. The molecule has 2 nitrogen and oxygen atoms in total. The van der Waals surface area contributed by atoms with Crippen LogP contribution in [0.5, 0.6) is 0 Å². The van der Waals surface area contributed by atoms with Gasteiger partial charge in [-0.3, -0.25) is 4.99 Å². The van der Waals surface area contributed by atoms with E-state index in [4.69, 9.17) is 0 Å². The summed E-state index contributed by atoms with van der Waals surface area (Å²) in [6, 6.07) is 0.569. The molecule has 0 aromatic rings. The standard InChI is InChI=1S/C6H12N2/c1-7-5-6-3-2-4-8-6/h5-6,8H,2-4H2,1H3/t6-/m1/s1. The van der Waals surface area contributed by atoms with Crippen molar-refractivity contribution in [2.45, 2.75) is 18.9 Å². The van der Waals surface area contributed by atoms with E-state index >= 15 is 0 Å². The van der Waals surface area contributed by atoms with Gasteiger partial charge in [0.05, 0.1) is 0 Å². The quantitative estimate of drug-likeness (QED) is 0.489. The van der Waals surface area contributed by atoms with Crippen LogP contribution < -0.4 is 5.32 Å². The first kappa shape index (κ1) is 5.76. The Morgan fingerprint density at radius 2 is 2.62 bits per heavy atom. The largest absolute Gasteiger partial charge is 0.309 e. The van der Waals surface area contributed by atoms with Gasteiger partial charge in [0.1, 0.15) is 0 Å². The number of hydrogen-bond acceptors (Lipinski definition) is 2. The van der Waals surface area contributed by atoms with E-state index in [0.29, 0.717) is 6.04 Å². The predicted molar refractivity (Wildman–Crippen MR) is 35.4 cm³/mol.